The number of anilines is 1. The maximum absolute atomic E-state index is 13.6. The molecule has 2 aromatic carbocycles. The number of carbonyl (C=O) groups excluding carboxylic acids is 1. The Balaban J connectivity index is 2.31. The van der Waals surface area contributed by atoms with Gasteiger partial charge in [0.1, 0.15) is 11.6 Å². The third kappa shape index (κ3) is 3.68. The van der Waals surface area contributed by atoms with Crippen molar-refractivity contribution in [3.63, 3.8) is 0 Å². The van der Waals surface area contributed by atoms with E-state index in [1.807, 2.05) is 0 Å². The number of carbonyl (C=O) groups is 1. The monoisotopic (exact) mass is 322 g/mol. The maximum Gasteiger partial charge on any atom is 0.491 e. The predicted octanol–water partition coefficient (Wildman–Crippen LogP) is 0.805. The van der Waals surface area contributed by atoms with Crippen LogP contribution in [0.25, 0.3) is 0 Å². The van der Waals surface area contributed by atoms with Gasteiger partial charge in [0.05, 0.1) is 10.6 Å². The Morgan fingerprint density at radius 2 is 1.78 bits per heavy atom. The van der Waals surface area contributed by atoms with Crippen LogP contribution in [0.4, 0.5) is 20.2 Å². The molecule has 0 radical (unpaired) electrons. The minimum atomic E-state index is -2.13. The molecule has 0 heterocycles. The molecule has 0 aromatic heterocycles. The van der Waals surface area contributed by atoms with Gasteiger partial charge in [-0.15, -0.1) is 0 Å². The third-order valence-corrected chi connectivity index (χ3v) is 2.95. The summed E-state index contributed by atoms with van der Waals surface area (Å²) < 4.78 is 26.9. The first-order valence-electron chi connectivity index (χ1n) is 6.20. The third-order valence-electron chi connectivity index (χ3n) is 2.95. The minimum absolute atomic E-state index is 0.180. The standard InChI is InChI=1S/C13H9BF2N2O5/c15-10-3-1-7(5-9(10)14(20)21)13(19)17-12-6-8(18(22)23)2-4-11(12)16/h1-6,20-21H,(H,17,19). The Labute approximate surface area is 128 Å². The molecule has 2 rings (SSSR count). The van der Waals surface area contributed by atoms with E-state index in [1.165, 1.54) is 0 Å². The van der Waals surface area contributed by atoms with Crippen LogP contribution in [-0.4, -0.2) is 28.0 Å². The number of rotatable bonds is 4. The highest BCUT2D eigenvalue weighted by Crippen LogP contribution is 2.21. The van der Waals surface area contributed by atoms with Gasteiger partial charge >= 0.3 is 7.12 Å². The lowest BCUT2D eigenvalue weighted by Gasteiger charge is -2.08. The van der Waals surface area contributed by atoms with Crippen molar-refractivity contribution < 1.29 is 28.5 Å². The SMILES string of the molecule is O=C(Nc1cc([N+](=O)[O-])ccc1F)c1ccc(F)c(B(O)O)c1. The summed E-state index contributed by atoms with van der Waals surface area (Å²) >= 11 is 0. The largest absolute Gasteiger partial charge is 0.491 e. The molecule has 118 valence electrons. The van der Waals surface area contributed by atoms with Crippen molar-refractivity contribution in [3.8, 4) is 0 Å². The van der Waals surface area contributed by atoms with E-state index in [4.69, 9.17) is 10.0 Å². The number of benzene rings is 2. The second-order valence-corrected chi connectivity index (χ2v) is 4.49. The van der Waals surface area contributed by atoms with Gasteiger partial charge in [0.15, 0.2) is 0 Å². The number of hydrogen-bond donors (Lipinski definition) is 3. The molecule has 0 atom stereocenters. The van der Waals surface area contributed by atoms with E-state index in [2.05, 4.69) is 5.32 Å². The molecule has 0 saturated heterocycles. The summed E-state index contributed by atoms with van der Waals surface area (Å²) in [6.07, 6.45) is 0. The maximum atomic E-state index is 13.6. The van der Waals surface area contributed by atoms with Crippen LogP contribution in [0.1, 0.15) is 10.4 Å². The Morgan fingerprint density at radius 3 is 2.39 bits per heavy atom. The molecule has 0 aliphatic heterocycles. The molecule has 0 bridgehead atoms. The van der Waals surface area contributed by atoms with Gasteiger partial charge in [0.2, 0.25) is 0 Å². The molecule has 0 fully saturated rings. The number of amides is 1. The zero-order valence-electron chi connectivity index (χ0n) is 11.4. The normalized spacial score (nSPS) is 10.3. The van der Waals surface area contributed by atoms with Crippen molar-refractivity contribution in [2.24, 2.45) is 0 Å². The zero-order valence-corrected chi connectivity index (χ0v) is 11.4. The van der Waals surface area contributed by atoms with Gasteiger partial charge < -0.3 is 15.4 Å². The Hall–Kier alpha value is -2.85. The van der Waals surface area contributed by atoms with Gasteiger partial charge in [-0.3, -0.25) is 14.9 Å². The molecule has 0 unspecified atom stereocenters. The first-order valence-corrected chi connectivity index (χ1v) is 6.20. The molecule has 2 aromatic rings. The summed E-state index contributed by atoms with van der Waals surface area (Å²) in [5.41, 5.74) is -1.57. The van der Waals surface area contributed by atoms with Gasteiger partial charge in [0, 0.05) is 23.2 Å². The highest BCUT2D eigenvalue weighted by molar-refractivity contribution is 6.58. The van der Waals surface area contributed by atoms with E-state index in [-0.39, 0.29) is 5.56 Å². The topological polar surface area (TPSA) is 113 Å². The van der Waals surface area contributed by atoms with Crippen molar-refractivity contribution in [2.75, 3.05) is 5.32 Å². The highest BCUT2D eigenvalue weighted by atomic mass is 19.1. The van der Waals surface area contributed by atoms with Crippen LogP contribution >= 0.6 is 0 Å². The van der Waals surface area contributed by atoms with Crippen LogP contribution in [-0.2, 0) is 0 Å². The van der Waals surface area contributed by atoms with Crippen LogP contribution in [0.5, 0.6) is 0 Å². The van der Waals surface area contributed by atoms with Crippen LogP contribution in [0.3, 0.4) is 0 Å². The quantitative estimate of drug-likeness (QED) is 0.438. The van der Waals surface area contributed by atoms with Gasteiger partial charge in [-0.05, 0) is 24.3 Å². The number of nitrogens with zero attached hydrogens (tertiary/aromatic N) is 1. The molecule has 7 nitrogen and oxygen atoms in total. The van der Waals surface area contributed by atoms with E-state index in [9.17, 15) is 23.7 Å². The number of nitro benzene ring substituents is 1. The summed E-state index contributed by atoms with van der Waals surface area (Å²) in [6, 6.07) is 5.35. The van der Waals surface area contributed by atoms with E-state index >= 15 is 0 Å². The second kappa shape index (κ2) is 6.50. The average Bonchev–Trinajstić information content (AvgIpc) is 2.49. The van der Waals surface area contributed by atoms with Crippen LogP contribution in [0.2, 0.25) is 0 Å². The molecule has 0 spiro atoms. The summed E-state index contributed by atoms with van der Waals surface area (Å²) in [7, 11) is -2.13. The van der Waals surface area contributed by atoms with E-state index < -0.39 is 46.4 Å². The van der Waals surface area contributed by atoms with E-state index in [0.717, 1.165) is 36.4 Å². The number of nitro groups is 1. The van der Waals surface area contributed by atoms with Crippen LogP contribution in [0, 0.1) is 21.7 Å². The summed E-state index contributed by atoms with van der Waals surface area (Å²) in [4.78, 5) is 21.9. The summed E-state index contributed by atoms with van der Waals surface area (Å²) in [5.74, 6) is -2.72. The zero-order chi connectivity index (χ0) is 17.1. The predicted molar refractivity (Wildman–Crippen MR) is 77.2 cm³/mol. The van der Waals surface area contributed by atoms with Crippen LogP contribution in [0.15, 0.2) is 36.4 Å². The lowest BCUT2D eigenvalue weighted by Crippen LogP contribution is -2.33. The molecule has 3 N–H and O–H groups in total. The van der Waals surface area contributed by atoms with E-state index in [1.54, 1.807) is 0 Å². The summed E-state index contributed by atoms with van der Waals surface area (Å²) in [5, 5.41) is 30.7. The van der Waals surface area contributed by atoms with Crippen molar-refractivity contribution in [1.29, 1.82) is 0 Å². The second-order valence-electron chi connectivity index (χ2n) is 4.49. The molecule has 10 heteroatoms. The lowest BCUT2D eigenvalue weighted by molar-refractivity contribution is -0.384. The fourth-order valence-electron chi connectivity index (χ4n) is 1.80. The molecule has 0 aliphatic carbocycles. The highest BCUT2D eigenvalue weighted by Gasteiger charge is 2.20. The van der Waals surface area contributed by atoms with Crippen molar-refractivity contribution in [2.45, 2.75) is 0 Å². The first kappa shape index (κ1) is 16.5. The molecular weight excluding hydrogens is 313 g/mol. The Bertz CT molecular complexity index is 785. The summed E-state index contributed by atoms with van der Waals surface area (Å²) in [6.45, 7) is 0. The molecule has 0 saturated carbocycles. The Morgan fingerprint density at radius 1 is 1.13 bits per heavy atom. The Kier molecular flexibility index (Phi) is 4.67. The van der Waals surface area contributed by atoms with Crippen molar-refractivity contribution in [1.82, 2.24) is 0 Å². The lowest BCUT2D eigenvalue weighted by atomic mass is 9.79. The molecule has 0 aliphatic rings. The van der Waals surface area contributed by atoms with Crippen LogP contribution < -0.4 is 10.8 Å². The van der Waals surface area contributed by atoms with E-state index in [0.29, 0.717) is 0 Å². The molecular formula is C13H9BF2N2O5. The molecule has 1 amide bonds. The first-order chi connectivity index (χ1) is 10.8. The van der Waals surface area contributed by atoms with Gasteiger partial charge in [-0.1, -0.05) is 0 Å². The number of nitrogens with one attached hydrogen (secondary N) is 1. The molecule has 23 heavy (non-hydrogen) atoms. The van der Waals surface area contributed by atoms with Crippen molar-refractivity contribution in [3.05, 3.63) is 63.7 Å². The fraction of sp³-hybridized carbons (Fsp3) is 0. The average molecular weight is 322 g/mol. The number of non-ortho nitro benzene ring substituents is 1. The number of hydrogen-bond acceptors (Lipinski definition) is 5. The number of halogens is 2. The van der Waals surface area contributed by atoms with Crippen molar-refractivity contribution >= 4 is 29.9 Å². The minimum Gasteiger partial charge on any atom is -0.423 e. The fourth-order valence-corrected chi connectivity index (χ4v) is 1.80. The van der Waals surface area contributed by atoms with Gasteiger partial charge in [-0.25, -0.2) is 8.78 Å². The van der Waals surface area contributed by atoms with Gasteiger partial charge in [-0.2, -0.15) is 0 Å². The van der Waals surface area contributed by atoms with Gasteiger partial charge in [0.25, 0.3) is 11.6 Å². The smallest absolute Gasteiger partial charge is 0.423 e.